The van der Waals surface area contributed by atoms with Crippen LogP contribution in [0, 0.1) is 6.92 Å². The molecule has 1 N–H and O–H groups in total. The highest BCUT2D eigenvalue weighted by molar-refractivity contribution is 7.88. The van der Waals surface area contributed by atoms with Gasteiger partial charge in [-0.15, -0.1) is 0 Å². The van der Waals surface area contributed by atoms with Crippen LogP contribution in [0.1, 0.15) is 29.7 Å². The van der Waals surface area contributed by atoms with Crippen molar-refractivity contribution in [1.29, 1.82) is 0 Å². The largest absolute Gasteiger partial charge is 0.216 e. The summed E-state index contributed by atoms with van der Waals surface area (Å²) in [6, 6.07) is 16.8. The van der Waals surface area contributed by atoms with E-state index in [0.717, 1.165) is 16.7 Å². The standard InChI is InChI=1S/C16H19NO2S/c1-13-8-10-16(11-9-13)14(2)17-20(18,19)12-15-6-4-3-5-7-15/h3-11,14,17H,12H2,1-2H3/t14-/m0/s1. The highest BCUT2D eigenvalue weighted by atomic mass is 32.2. The van der Waals surface area contributed by atoms with Crippen LogP contribution in [-0.4, -0.2) is 8.42 Å². The molecule has 2 aromatic rings. The van der Waals surface area contributed by atoms with E-state index in [0.29, 0.717) is 0 Å². The van der Waals surface area contributed by atoms with Crippen molar-refractivity contribution in [3.05, 3.63) is 71.3 Å². The van der Waals surface area contributed by atoms with Crippen LogP contribution in [0.3, 0.4) is 0 Å². The second-order valence-corrected chi connectivity index (χ2v) is 6.75. The van der Waals surface area contributed by atoms with Crippen LogP contribution in [0.15, 0.2) is 54.6 Å². The molecule has 4 heteroatoms. The molecule has 2 rings (SSSR count). The molecule has 0 aliphatic carbocycles. The third-order valence-corrected chi connectivity index (χ3v) is 4.56. The Hall–Kier alpha value is -1.65. The molecule has 20 heavy (non-hydrogen) atoms. The average molecular weight is 289 g/mol. The lowest BCUT2D eigenvalue weighted by atomic mass is 10.1. The fraction of sp³-hybridized carbons (Fsp3) is 0.250. The number of sulfonamides is 1. The van der Waals surface area contributed by atoms with Crippen molar-refractivity contribution in [3.8, 4) is 0 Å². The van der Waals surface area contributed by atoms with Crippen molar-refractivity contribution < 1.29 is 8.42 Å². The normalized spacial score (nSPS) is 13.1. The molecule has 0 aliphatic rings. The fourth-order valence-corrected chi connectivity index (χ4v) is 3.42. The summed E-state index contributed by atoms with van der Waals surface area (Å²) in [5.41, 5.74) is 2.91. The minimum absolute atomic E-state index is 0.00401. The van der Waals surface area contributed by atoms with Gasteiger partial charge in [-0.05, 0) is 25.0 Å². The maximum absolute atomic E-state index is 12.1. The Morgan fingerprint density at radius 3 is 2.20 bits per heavy atom. The number of hydrogen-bond donors (Lipinski definition) is 1. The summed E-state index contributed by atoms with van der Waals surface area (Å²) < 4.78 is 27.0. The van der Waals surface area contributed by atoms with Crippen LogP contribution in [0.5, 0.6) is 0 Å². The predicted octanol–water partition coefficient (Wildman–Crippen LogP) is 3.18. The zero-order chi connectivity index (χ0) is 14.6. The first-order valence-electron chi connectivity index (χ1n) is 6.57. The molecule has 0 saturated carbocycles. The predicted molar refractivity (Wildman–Crippen MR) is 81.8 cm³/mol. The van der Waals surface area contributed by atoms with Gasteiger partial charge in [0.1, 0.15) is 0 Å². The smallest absolute Gasteiger partial charge is 0.212 e. The summed E-state index contributed by atoms with van der Waals surface area (Å²) in [6.07, 6.45) is 0. The SMILES string of the molecule is Cc1ccc([C@H](C)NS(=O)(=O)Cc2ccccc2)cc1. The fourth-order valence-electron chi connectivity index (χ4n) is 2.03. The van der Waals surface area contributed by atoms with Gasteiger partial charge in [-0.1, -0.05) is 60.2 Å². The first kappa shape index (κ1) is 14.8. The molecule has 0 radical (unpaired) electrons. The van der Waals surface area contributed by atoms with Gasteiger partial charge < -0.3 is 0 Å². The van der Waals surface area contributed by atoms with Gasteiger partial charge in [-0.3, -0.25) is 0 Å². The number of hydrogen-bond acceptors (Lipinski definition) is 2. The Morgan fingerprint density at radius 1 is 1.00 bits per heavy atom. The molecule has 3 nitrogen and oxygen atoms in total. The number of aryl methyl sites for hydroxylation is 1. The minimum atomic E-state index is -3.34. The van der Waals surface area contributed by atoms with Crippen molar-refractivity contribution in [2.75, 3.05) is 0 Å². The van der Waals surface area contributed by atoms with Crippen LogP contribution in [-0.2, 0) is 15.8 Å². The van der Waals surface area contributed by atoms with Crippen molar-refractivity contribution in [1.82, 2.24) is 4.72 Å². The van der Waals surface area contributed by atoms with Gasteiger partial charge in [-0.25, -0.2) is 13.1 Å². The molecule has 106 valence electrons. The van der Waals surface area contributed by atoms with Gasteiger partial charge in [0, 0.05) is 6.04 Å². The topological polar surface area (TPSA) is 46.2 Å². The Labute approximate surface area is 120 Å². The molecule has 0 heterocycles. The molecule has 1 atom stereocenters. The zero-order valence-electron chi connectivity index (χ0n) is 11.7. The van der Waals surface area contributed by atoms with E-state index in [1.807, 2.05) is 68.4 Å². The van der Waals surface area contributed by atoms with Gasteiger partial charge >= 0.3 is 0 Å². The molecule has 0 fully saturated rings. The van der Waals surface area contributed by atoms with Gasteiger partial charge in [-0.2, -0.15) is 0 Å². The van der Waals surface area contributed by atoms with Crippen LogP contribution in [0.2, 0.25) is 0 Å². The molecular formula is C16H19NO2S. The molecular weight excluding hydrogens is 270 g/mol. The highest BCUT2D eigenvalue weighted by Crippen LogP contribution is 2.15. The quantitative estimate of drug-likeness (QED) is 0.919. The first-order valence-corrected chi connectivity index (χ1v) is 8.22. The molecule has 0 spiro atoms. The lowest BCUT2D eigenvalue weighted by molar-refractivity contribution is 0.566. The number of nitrogens with one attached hydrogen (secondary N) is 1. The summed E-state index contributed by atoms with van der Waals surface area (Å²) in [5, 5.41) is 0. The maximum atomic E-state index is 12.1. The van der Waals surface area contributed by atoms with Gasteiger partial charge in [0.15, 0.2) is 0 Å². The third-order valence-electron chi connectivity index (χ3n) is 3.13. The van der Waals surface area contributed by atoms with Crippen molar-refractivity contribution in [2.45, 2.75) is 25.6 Å². The van der Waals surface area contributed by atoms with Crippen LogP contribution in [0.25, 0.3) is 0 Å². The summed E-state index contributed by atoms with van der Waals surface area (Å²) >= 11 is 0. The lowest BCUT2D eigenvalue weighted by Crippen LogP contribution is -2.28. The molecule has 0 aliphatic heterocycles. The van der Waals surface area contributed by atoms with Crippen LogP contribution in [0.4, 0.5) is 0 Å². The summed E-state index contributed by atoms with van der Waals surface area (Å²) in [7, 11) is -3.34. The molecule has 0 saturated heterocycles. The first-order chi connectivity index (χ1) is 9.46. The van der Waals surface area contributed by atoms with Gasteiger partial charge in [0.05, 0.1) is 5.75 Å². The van der Waals surface area contributed by atoms with Crippen molar-refractivity contribution >= 4 is 10.0 Å². The van der Waals surface area contributed by atoms with E-state index in [9.17, 15) is 8.42 Å². The van der Waals surface area contributed by atoms with E-state index in [-0.39, 0.29) is 11.8 Å². The van der Waals surface area contributed by atoms with E-state index in [4.69, 9.17) is 0 Å². The molecule has 0 aromatic heterocycles. The second-order valence-electron chi connectivity index (χ2n) is 4.99. The Morgan fingerprint density at radius 2 is 1.60 bits per heavy atom. The average Bonchev–Trinajstić information content (AvgIpc) is 2.39. The van der Waals surface area contributed by atoms with E-state index in [1.165, 1.54) is 0 Å². The van der Waals surface area contributed by atoms with Gasteiger partial charge in [0.2, 0.25) is 10.0 Å². The van der Waals surface area contributed by atoms with E-state index in [1.54, 1.807) is 0 Å². The van der Waals surface area contributed by atoms with E-state index >= 15 is 0 Å². The van der Waals surface area contributed by atoms with Crippen molar-refractivity contribution in [3.63, 3.8) is 0 Å². The summed E-state index contributed by atoms with van der Waals surface area (Å²) in [5.74, 6) is 0.00401. The highest BCUT2D eigenvalue weighted by Gasteiger charge is 2.16. The zero-order valence-corrected chi connectivity index (χ0v) is 12.5. The molecule has 0 amide bonds. The van der Waals surface area contributed by atoms with Gasteiger partial charge in [0.25, 0.3) is 0 Å². The van der Waals surface area contributed by atoms with Crippen molar-refractivity contribution in [2.24, 2.45) is 0 Å². The number of rotatable bonds is 5. The molecule has 0 bridgehead atoms. The maximum Gasteiger partial charge on any atom is 0.216 e. The van der Waals surface area contributed by atoms with E-state index in [2.05, 4.69) is 4.72 Å². The number of benzene rings is 2. The Balaban J connectivity index is 2.06. The second kappa shape index (κ2) is 6.20. The van der Waals surface area contributed by atoms with Crippen LogP contribution >= 0.6 is 0 Å². The summed E-state index contributed by atoms with van der Waals surface area (Å²) in [6.45, 7) is 3.86. The van der Waals surface area contributed by atoms with E-state index < -0.39 is 10.0 Å². The molecule has 2 aromatic carbocycles. The minimum Gasteiger partial charge on any atom is -0.212 e. The monoisotopic (exact) mass is 289 g/mol. The summed E-state index contributed by atoms with van der Waals surface area (Å²) in [4.78, 5) is 0. The molecule has 0 unspecified atom stereocenters. The Bertz CT molecular complexity index is 649. The van der Waals surface area contributed by atoms with Crippen LogP contribution < -0.4 is 4.72 Å². The lowest BCUT2D eigenvalue weighted by Gasteiger charge is -2.15. The third kappa shape index (κ3) is 4.18. The Kier molecular flexibility index (Phi) is 4.57.